The van der Waals surface area contributed by atoms with Crippen LogP contribution in [0.4, 0.5) is 0 Å². The monoisotopic (exact) mass is 650 g/mol. The van der Waals surface area contributed by atoms with Gasteiger partial charge in [-0.1, -0.05) is 40.0 Å². The maximum Gasteiger partial charge on any atom is 0.226 e. The Balaban J connectivity index is 0.000000608. The van der Waals surface area contributed by atoms with Gasteiger partial charge < -0.3 is 42.8 Å². The van der Waals surface area contributed by atoms with Crippen molar-refractivity contribution in [3.05, 3.63) is 84.9 Å². The molecule has 0 aliphatic carbocycles. The molecule has 12 nitrogen and oxygen atoms in total. The standard InChI is InChI=1S/3C10H14O4.Fe/c3*1-2-3-4-13-6-8-5-9(11)10(12)7-14-8;/h3*5,7,12H,2-4,6H2,1H3;. The summed E-state index contributed by atoms with van der Waals surface area (Å²) in [6.45, 7) is 9.00. The van der Waals surface area contributed by atoms with E-state index in [0.29, 0.717) is 37.1 Å². The SMILES string of the molecule is CCCCOCc1cc(=O)c(O)co1.CCCCOCc1cc(=O)c(O)co1.CCCCOCc1cc(=O)c(O)co1.[Fe]. The Kier molecular flexibility index (Phi) is 22.2. The van der Waals surface area contributed by atoms with Crippen molar-refractivity contribution in [2.45, 2.75) is 79.1 Å². The second-order valence-electron chi connectivity index (χ2n) is 9.01. The molecule has 0 aromatic carbocycles. The van der Waals surface area contributed by atoms with E-state index in [0.717, 1.165) is 57.3 Å². The van der Waals surface area contributed by atoms with Crippen molar-refractivity contribution in [1.82, 2.24) is 0 Å². The molecule has 0 saturated heterocycles. The molecule has 0 unspecified atom stereocenters. The predicted molar refractivity (Wildman–Crippen MR) is 154 cm³/mol. The number of ether oxygens (including phenoxy) is 3. The Morgan fingerprint density at radius 1 is 0.535 bits per heavy atom. The average Bonchev–Trinajstić information content (AvgIpc) is 2.98. The molecule has 0 amide bonds. The third-order valence-electron chi connectivity index (χ3n) is 5.26. The zero-order valence-electron chi connectivity index (χ0n) is 24.8. The van der Waals surface area contributed by atoms with Gasteiger partial charge in [0.2, 0.25) is 16.3 Å². The van der Waals surface area contributed by atoms with Gasteiger partial charge in [-0.05, 0) is 19.3 Å². The molecule has 3 heterocycles. The Labute approximate surface area is 260 Å². The molecular formula is C30H42FeO12. The third-order valence-corrected chi connectivity index (χ3v) is 5.26. The van der Waals surface area contributed by atoms with Crippen LogP contribution < -0.4 is 16.3 Å². The minimum Gasteiger partial charge on any atom is -0.502 e. The number of aromatic hydroxyl groups is 3. The second-order valence-corrected chi connectivity index (χ2v) is 9.01. The molecule has 0 bridgehead atoms. The zero-order chi connectivity index (χ0) is 31.2. The molecule has 0 fully saturated rings. The summed E-state index contributed by atoms with van der Waals surface area (Å²) in [5.74, 6) is 0.184. The molecule has 0 aliphatic rings. The molecule has 242 valence electrons. The van der Waals surface area contributed by atoms with Crippen LogP contribution in [0.25, 0.3) is 0 Å². The summed E-state index contributed by atoms with van der Waals surface area (Å²) < 4.78 is 30.6. The van der Waals surface area contributed by atoms with Crippen molar-refractivity contribution in [3.63, 3.8) is 0 Å². The molecule has 0 radical (unpaired) electrons. The van der Waals surface area contributed by atoms with Gasteiger partial charge in [-0.25, -0.2) is 0 Å². The maximum absolute atomic E-state index is 11.0. The van der Waals surface area contributed by atoms with Gasteiger partial charge in [0.05, 0.1) is 0 Å². The van der Waals surface area contributed by atoms with E-state index in [4.69, 9.17) is 42.8 Å². The van der Waals surface area contributed by atoms with E-state index in [1.54, 1.807) is 0 Å². The maximum atomic E-state index is 11.0. The molecule has 3 rings (SSSR count). The minimum atomic E-state index is -0.439. The molecule has 3 aromatic heterocycles. The first-order valence-electron chi connectivity index (χ1n) is 13.9. The number of rotatable bonds is 15. The van der Waals surface area contributed by atoms with Crippen LogP contribution in [0.15, 0.2) is 64.6 Å². The first-order chi connectivity index (χ1) is 20.2. The Morgan fingerprint density at radius 3 is 1.00 bits per heavy atom. The van der Waals surface area contributed by atoms with E-state index < -0.39 is 16.3 Å². The van der Waals surface area contributed by atoms with Crippen LogP contribution in [0.3, 0.4) is 0 Å². The Morgan fingerprint density at radius 2 is 0.791 bits per heavy atom. The number of hydrogen-bond acceptors (Lipinski definition) is 12. The van der Waals surface area contributed by atoms with E-state index in [1.165, 1.54) is 18.2 Å². The average molecular weight is 650 g/mol. The van der Waals surface area contributed by atoms with Gasteiger partial charge in [0, 0.05) is 55.1 Å². The van der Waals surface area contributed by atoms with Gasteiger partial charge in [0.25, 0.3) is 0 Å². The minimum absolute atomic E-state index is 0. The first kappa shape index (κ1) is 39.6. The van der Waals surface area contributed by atoms with E-state index in [-0.39, 0.29) is 54.1 Å². The van der Waals surface area contributed by atoms with Gasteiger partial charge in [0.1, 0.15) is 55.9 Å². The molecule has 0 saturated carbocycles. The summed E-state index contributed by atoms with van der Waals surface area (Å²) in [5.41, 5.74) is -1.32. The van der Waals surface area contributed by atoms with Crippen LogP contribution in [0.1, 0.15) is 76.6 Å². The van der Waals surface area contributed by atoms with Crippen LogP contribution in [0, 0.1) is 0 Å². The molecular weight excluding hydrogens is 608 g/mol. The van der Waals surface area contributed by atoms with Crippen LogP contribution in [-0.4, -0.2) is 35.1 Å². The summed E-state index contributed by atoms with van der Waals surface area (Å²) in [6, 6.07) is 3.71. The fourth-order valence-corrected chi connectivity index (χ4v) is 2.82. The largest absolute Gasteiger partial charge is 0.502 e. The normalized spacial score (nSPS) is 10.1. The smallest absolute Gasteiger partial charge is 0.226 e. The summed E-state index contributed by atoms with van der Waals surface area (Å²) in [5, 5.41) is 26.7. The molecule has 3 N–H and O–H groups in total. The second kappa shape index (κ2) is 24.1. The quantitative estimate of drug-likeness (QED) is 0.149. The van der Waals surface area contributed by atoms with Crippen molar-refractivity contribution in [1.29, 1.82) is 0 Å². The van der Waals surface area contributed by atoms with E-state index in [2.05, 4.69) is 20.8 Å². The summed E-state index contributed by atoms with van der Waals surface area (Å²) >= 11 is 0. The van der Waals surface area contributed by atoms with E-state index >= 15 is 0 Å². The first-order valence-corrected chi connectivity index (χ1v) is 13.9. The topological polar surface area (TPSA) is 179 Å². The Hall–Kier alpha value is -3.35. The van der Waals surface area contributed by atoms with Gasteiger partial charge in [0.15, 0.2) is 17.2 Å². The third kappa shape index (κ3) is 18.0. The van der Waals surface area contributed by atoms with Crippen molar-refractivity contribution < 1.29 is 59.9 Å². The Bertz CT molecular complexity index is 1150. The fraction of sp³-hybridized carbons (Fsp3) is 0.500. The molecule has 3 aromatic rings. The predicted octanol–water partition coefficient (Wildman–Crippen LogP) is 4.98. The van der Waals surface area contributed by atoms with Crippen molar-refractivity contribution >= 4 is 0 Å². The molecule has 43 heavy (non-hydrogen) atoms. The van der Waals surface area contributed by atoms with Gasteiger partial charge >= 0.3 is 0 Å². The molecule has 0 spiro atoms. The van der Waals surface area contributed by atoms with Crippen molar-refractivity contribution in [3.8, 4) is 17.2 Å². The molecule has 0 atom stereocenters. The van der Waals surface area contributed by atoms with Gasteiger partial charge in [-0.2, -0.15) is 0 Å². The molecule has 13 heteroatoms. The summed E-state index contributed by atoms with van der Waals surface area (Å²) in [7, 11) is 0. The van der Waals surface area contributed by atoms with Crippen molar-refractivity contribution in [2.75, 3.05) is 19.8 Å². The molecule has 0 aliphatic heterocycles. The van der Waals surface area contributed by atoms with Crippen LogP contribution in [0.5, 0.6) is 17.2 Å². The number of unbranched alkanes of at least 4 members (excludes halogenated alkanes) is 3. The van der Waals surface area contributed by atoms with Crippen molar-refractivity contribution in [2.24, 2.45) is 0 Å². The van der Waals surface area contributed by atoms with Crippen LogP contribution in [-0.2, 0) is 51.1 Å². The zero-order valence-corrected chi connectivity index (χ0v) is 25.9. The number of hydrogen-bond donors (Lipinski definition) is 3. The van der Waals surface area contributed by atoms with Gasteiger partial charge in [-0.15, -0.1) is 0 Å². The van der Waals surface area contributed by atoms with Gasteiger partial charge in [-0.3, -0.25) is 14.4 Å². The van der Waals surface area contributed by atoms with E-state index in [9.17, 15) is 14.4 Å². The summed E-state index contributed by atoms with van der Waals surface area (Å²) in [4.78, 5) is 32.9. The van der Waals surface area contributed by atoms with E-state index in [1.807, 2.05) is 0 Å². The van der Waals surface area contributed by atoms with Crippen LogP contribution >= 0.6 is 0 Å². The fourth-order valence-electron chi connectivity index (χ4n) is 2.82. The van der Waals surface area contributed by atoms with Crippen LogP contribution in [0.2, 0.25) is 0 Å². The summed E-state index contributed by atoms with van der Waals surface area (Å²) in [6.07, 6.45) is 9.26.